The van der Waals surface area contributed by atoms with Crippen molar-refractivity contribution in [2.75, 3.05) is 20.3 Å². The Labute approximate surface area is 117 Å². The van der Waals surface area contributed by atoms with Gasteiger partial charge in [-0.1, -0.05) is 11.6 Å². The van der Waals surface area contributed by atoms with E-state index < -0.39 is 0 Å². The molecule has 0 aromatic carbocycles. The highest BCUT2D eigenvalue weighted by molar-refractivity contribution is 7.16. The van der Waals surface area contributed by atoms with E-state index >= 15 is 0 Å². The standard InChI is InChI=1S/C13H20ClNO2S/c1-3-17-11-8-10(13(11)16-2)15-7-6-9-4-5-12(14)18-9/h4-5,10-11,13,15H,3,6-8H2,1-2H3. The molecule has 102 valence electrons. The monoisotopic (exact) mass is 289 g/mol. The summed E-state index contributed by atoms with van der Waals surface area (Å²) < 4.78 is 11.9. The van der Waals surface area contributed by atoms with E-state index in [1.54, 1.807) is 18.4 Å². The molecule has 2 rings (SSSR count). The number of halogens is 1. The van der Waals surface area contributed by atoms with Crippen molar-refractivity contribution in [3.63, 3.8) is 0 Å². The van der Waals surface area contributed by atoms with Crippen molar-refractivity contribution >= 4 is 22.9 Å². The van der Waals surface area contributed by atoms with Gasteiger partial charge in [-0.2, -0.15) is 0 Å². The summed E-state index contributed by atoms with van der Waals surface area (Å²) in [5.74, 6) is 0. The van der Waals surface area contributed by atoms with Gasteiger partial charge in [0.2, 0.25) is 0 Å². The lowest BCUT2D eigenvalue weighted by Crippen LogP contribution is -2.60. The molecule has 0 radical (unpaired) electrons. The van der Waals surface area contributed by atoms with Crippen LogP contribution in [0.15, 0.2) is 12.1 Å². The number of hydrogen-bond acceptors (Lipinski definition) is 4. The molecule has 18 heavy (non-hydrogen) atoms. The third-order valence-corrected chi connectivity index (χ3v) is 4.60. The lowest BCUT2D eigenvalue weighted by molar-refractivity contribution is -0.131. The molecule has 1 aromatic rings. The number of rotatable bonds is 7. The van der Waals surface area contributed by atoms with Gasteiger partial charge in [0.05, 0.1) is 16.5 Å². The van der Waals surface area contributed by atoms with Crippen molar-refractivity contribution < 1.29 is 9.47 Å². The van der Waals surface area contributed by atoms with Crippen molar-refractivity contribution in [2.45, 2.75) is 38.0 Å². The predicted octanol–water partition coefficient (Wildman–Crippen LogP) is 2.73. The average molecular weight is 290 g/mol. The number of ether oxygens (including phenoxy) is 2. The largest absolute Gasteiger partial charge is 0.377 e. The van der Waals surface area contributed by atoms with Gasteiger partial charge in [0.1, 0.15) is 0 Å². The average Bonchev–Trinajstić information content (AvgIpc) is 2.73. The Hall–Kier alpha value is -0.130. The number of methoxy groups -OCH3 is 1. The van der Waals surface area contributed by atoms with Gasteiger partial charge in [-0.05, 0) is 31.9 Å². The zero-order valence-electron chi connectivity index (χ0n) is 10.8. The Bertz CT molecular complexity index is 372. The highest BCUT2D eigenvalue weighted by Gasteiger charge is 2.41. The molecule has 1 aliphatic rings. The first kappa shape index (κ1) is 14.3. The van der Waals surface area contributed by atoms with Crippen LogP contribution in [-0.4, -0.2) is 38.5 Å². The topological polar surface area (TPSA) is 30.5 Å². The summed E-state index contributed by atoms with van der Waals surface area (Å²) in [7, 11) is 1.75. The van der Waals surface area contributed by atoms with Crippen molar-refractivity contribution in [3.05, 3.63) is 21.3 Å². The lowest BCUT2D eigenvalue weighted by atomic mass is 9.85. The predicted molar refractivity (Wildman–Crippen MR) is 75.7 cm³/mol. The quantitative estimate of drug-likeness (QED) is 0.837. The van der Waals surface area contributed by atoms with Crippen LogP contribution in [0.3, 0.4) is 0 Å². The summed E-state index contributed by atoms with van der Waals surface area (Å²) in [5, 5.41) is 3.52. The van der Waals surface area contributed by atoms with E-state index in [9.17, 15) is 0 Å². The lowest BCUT2D eigenvalue weighted by Gasteiger charge is -2.43. The van der Waals surface area contributed by atoms with Gasteiger partial charge >= 0.3 is 0 Å². The summed E-state index contributed by atoms with van der Waals surface area (Å²) in [5.41, 5.74) is 0. The maximum Gasteiger partial charge on any atom is 0.0986 e. The molecule has 1 aliphatic carbocycles. The Morgan fingerprint density at radius 2 is 2.33 bits per heavy atom. The fourth-order valence-electron chi connectivity index (χ4n) is 2.34. The van der Waals surface area contributed by atoms with E-state index in [1.165, 1.54) is 4.88 Å². The first-order valence-corrected chi connectivity index (χ1v) is 7.56. The molecule has 3 atom stereocenters. The third-order valence-electron chi connectivity index (χ3n) is 3.31. The molecule has 0 aliphatic heterocycles. The molecule has 0 saturated heterocycles. The van der Waals surface area contributed by atoms with Crippen LogP contribution in [0.5, 0.6) is 0 Å². The first-order chi connectivity index (χ1) is 8.74. The van der Waals surface area contributed by atoms with E-state index in [0.29, 0.717) is 6.04 Å². The molecule has 3 unspecified atom stereocenters. The zero-order valence-corrected chi connectivity index (χ0v) is 12.4. The molecule has 5 heteroatoms. The summed E-state index contributed by atoms with van der Waals surface area (Å²) in [6, 6.07) is 4.46. The Balaban J connectivity index is 1.68. The molecule has 1 saturated carbocycles. The second-order valence-electron chi connectivity index (χ2n) is 4.45. The summed E-state index contributed by atoms with van der Waals surface area (Å²) in [6.45, 7) is 3.74. The van der Waals surface area contributed by atoms with Gasteiger partial charge < -0.3 is 14.8 Å². The van der Waals surface area contributed by atoms with Crippen LogP contribution in [0.2, 0.25) is 4.34 Å². The molecule has 0 spiro atoms. The first-order valence-electron chi connectivity index (χ1n) is 6.36. The molecule has 1 N–H and O–H groups in total. The van der Waals surface area contributed by atoms with Crippen LogP contribution in [-0.2, 0) is 15.9 Å². The number of hydrogen-bond donors (Lipinski definition) is 1. The van der Waals surface area contributed by atoms with Gasteiger partial charge in [-0.15, -0.1) is 11.3 Å². The van der Waals surface area contributed by atoms with E-state index in [4.69, 9.17) is 21.1 Å². The third kappa shape index (κ3) is 3.45. The Morgan fingerprint density at radius 1 is 1.50 bits per heavy atom. The van der Waals surface area contributed by atoms with Crippen LogP contribution < -0.4 is 5.32 Å². The number of nitrogens with one attached hydrogen (secondary N) is 1. The molecule has 1 heterocycles. The zero-order chi connectivity index (χ0) is 13.0. The van der Waals surface area contributed by atoms with E-state index in [2.05, 4.69) is 11.4 Å². The smallest absolute Gasteiger partial charge is 0.0986 e. The maximum absolute atomic E-state index is 5.90. The van der Waals surface area contributed by atoms with Crippen molar-refractivity contribution in [1.29, 1.82) is 0 Å². The fraction of sp³-hybridized carbons (Fsp3) is 0.692. The maximum atomic E-state index is 5.90. The van der Waals surface area contributed by atoms with E-state index in [-0.39, 0.29) is 12.2 Å². The molecule has 0 bridgehead atoms. The van der Waals surface area contributed by atoms with Gasteiger partial charge in [0, 0.05) is 31.2 Å². The van der Waals surface area contributed by atoms with Crippen molar-refractivity contribution in [2.24, 2.45) is 0 Å². The highest BCUT2D eigenvalue weighted by atomic mass is 35.5. The molecule has 3 nitrogen and oxygen atoms in total. The minimum absolute atomic E-state index is 0.192. The van der Waals surface area contributed by atoms with Gasteiger partial charge in [-0.3, -0.25) is 0 Å². The minimum Gasteiger partial charge on any atom is -0.377 e. The summed E-state index contributed by atoms with van der Waals surface area (Å²) in [4.78, 5) is 1.32. The summed E-state index contributed by atoms with van der Waals surface area (Å²) >= 11 is 7.55. The fourth-order valence-corrected chi connectivity index (χ4v) is 3.43. The molecular formula is C13H20ClNO2S. The van der Waals surface area contributed by atoms with Crippen molar-refractivity contribution in [1.82, 2.24) is 5.32 Å². The second kappa shape index (κ2) is 6.87. The Kier molecular flexibility index (Phi) is 5.45. The van der Waals surface area contributed by atoms with E-state index in [0.717, 1.165) is 30.3 Å². The molecule has 1 aromatic heterocycles. The summed E-state index contributed by atoms with van der Waals surface area (Å²) in [6.07, 6.45) is 2.51. The van der Waals surface area contributed by atoms with Crippen LogP contribution in [0.25, 0.3) is 0 Å². The van der Waals surface area contributed by atoms with Crippen molar-refractivity contribution in [3.8, 4) is 0 Å². The Morgan fingerprint density at radius 3 is 2.94 bits per heavy atom. The number of thiophene rings is 1. The van der Waals surface area contributed by atoms with E-state index in [1.807, 2.05) is 13.0 Å². The van der Waals surface area contributed by atoms with Crippen LogP contribution in [0, 0.1) is 0 Å². The molecular weight excluding hydrogens is 270 g/mol. The minimum atomic E-state index is 0.192. The van der Waals surface area contributed by atoms with Crippen LogP contribution in [0.1, 0.15) is 18.2 Å². The molecule has 0 amide bonds. The van der Waals surface area contributed by atoms with Gasteiger partial charge in [-0.25, -0.2) is 0 Å². The van der Waals surface area contributed by atoms with Crippen LogP contribution >= 0.6 is 22.9 Å². The SMILES string of the molecule is CCOC1CC(NCCc2ccc(Cl)s2)C1OC. The second-order valence-corrected chi connectivity index (χ2v) is 6.25. The van der Waals surface area contributed by atoms with Crippen LogP contribution in [0.4, 0.5) is 0 Å². The highest BCUT2D eigenvalue weighted by Crippen LogP contribution is 2.27. The normalized spacial score (nSPS) is 27.2. The molecule has 1 fully saturated rings. The van der Waals surface area contributed by atoms with Gasteiger partial charge in [0.15, 0.2) is 0 Å². The van der Waals surface area contributed by atoms with Gasteiger partial charge in [0.25, 0.3) is 0 Å².